The number of carbonyl (C=O) groups excluding carboxylic acids is 1. The Balaban J connectivity index is 1.11. The molecule has 50 heavy (non-hydrogen) atoms. The third-order valence-electron chi connectivity index (χ3n) is 9.46. The lowest BCUT2D eigenvalue weighted by Crippen LogP contribution is -2.40. The zero-order valence-corrected chi connectivity index (χ0v) is 30.3. The molecule has 1 atom stereocenters. The zero-order valence-electron chi connectivity index (χ0n) is 28.8. The summed E-state index contributed by atoms with van der Waals surface area (Å²) >= 11 is 12.8. The van der Waals surface area contributed by atoms with Crippen LogP contribution in [-0.4, -0.2) is 85.9 Å². The highest BCUT2D eigenvalue weighted by Crippen LogP contribution is 2.39. The van der Waals surface area contributed by atoms with Crippen LogP contribution in [0.25, 0.3) is 11.0 Å². The predicted molar refractivity (Wildman–Crippen MR) is 198 cm³/mol. The van der Waals surface area contributed by atoms with Gasteiger partial charge in [0.2, 0.25) is 11.7 Å². The van der Waals surface area contributed by atoms with Crippen LogP contribution in [-0.2, 0) is 6.54 Å². The molecule has 1 unspecified atom stereocenters. The number of amides is 1. The van der Waals surface area contributed by atoms with Crippen LogP contribution in [0, 0.1) is 0 Å². The van der Waals surface area contributed by atoms with E-state index in [9.17, 15) is 4.79 Å². The van der Waals surface area contributed by atoms with Crippen molar-refractivity contribution in [2.24, 2.45) is 0 Å². The van der Waals surface area contributed by atoms with E-state index in [0.717, 1.165) is 67.0 Å². The zero-order chi connectivity index (χ0) is 35.2. The van der Waals surface area contributed by atoms with Crippen LogP contribution in [0.15, 0.2) is 77.6 Å². The van der Waals surface area contributed by atoms with Crippen LogP contribution >= 0.6 is 23.2 Å². The van der Waals surface area contributed by atoms with Crippen molar-refractivity contribution in [1.82, 2.24) is 19.4 Å². The second kappa shape index (κ2) is 16.1. The van der Waals surface area contributed by atoms with Crippen molar-refractivity contribution in [3.05, 3.63) is 99.9 Å². The average molecular weight is 721 g/mol. The highest BCUT2D eigenvalue weighted by atomic mass is 35.5. The number of rotatable bonds is 14. The lowest BCUT2D eigenvalue weighted by atomic mass is 9.94. The largest absolute Gasteiger partial charge is 0.493 e. The topological polar surface area (TPSA) is 94.2 Å². The van der Waals surface area contributed by atoms with Gasteiger partial charge in [-0.3, -0.25) is 4.79 Å². The Hall–Kier alpha value is -4.38. The summed E-state index contributed by atoms with van der Waals surface area (Å²) in [7, 11) is 6.42. The van der Waals surface area contributed by atoms with Crippen molar-refractivity contribution in [3.8, 4) is 17.2 Å². The van der Waals surface area contributed by atoms with E-state index >= 15 is 0 Å². The molecular weight excluding hydrogens is 677 g/mol. The van der Waals surface area contributed by atoms with Crippen LogP contribution in [0.3, 0.4) is 0 Å². The van der Waals surface area contributed by atoms with Crippen LogP contribution in [0.1, 0.15) is 46.7 Å². The number of aromatic nitrogens is 2. The van der Waals surface area contributed by atoms with Crippen LogP contribution < -0.4 is 19.5 Å². The molecule has 3 heterocycles. The summed E-state index contributed by atoms with van der Waals surface area (Å²) in [5.41, 5.74) is 4.65. The fourth-order valence-corrected chi connectivity index (χ4v) is 7.01. The van der Waals surface area contributed by atoms with E-state index in [-0.39, 0.29) is 11.8 Å². The molecule has 12 heteroatoms. The van der Waals surface area contributed by atoms with E-state index in [1.807, 2.05) is 43.4 Å². The summed E-state index contributed by atoms with van der Waals surface area (Å²) in [5.74, 6) is 2.05. The number of piperidine rings is 1. The van der Waals surface area contributed by atoms with Crippen molar-refractivity contribution >= 4 is 46.1 Å². The van der Waals surface area contributed by atoms with Crippen molar-refractivity contribution in [1.29, 1.82) is 0 Å². The summed E-state index contributed by atoms with van der Waals surface area (Å²) in [6.07, 6.45) is 6.31. The first-order valence-corrected chi connectivity index (χ1v) is 17.5. The van der Waals surface area contributed by atoms with Gasteiger partial charge in [0.05, 0.1) is 61.5 Å². The Kier molecular flexibility index (Phi) is 11.4. The lowest BCUT2D eigenvalue weighted by molar-refractivity contribution is 0.0781. The maximum atomic E-state index is 13.7. The van der Waals surface area contributed by atoms with Crippen molar-refractivity contribution in [2.75, 3.05) is 59.9 Å². The third-order valence-corrected chi connectivity index (χ3v) is 10.2. The first-order chi connectivity index (χ1) is 24.3. The molecule has 2 aromatic heterocycles. The predicted octanol–water partition coefficient (Wildman–Crippen LogP) is 7.83. The van der Waals surface area contributed by atoms with E-state index in [2.05, 4.69) is 26.9 Å². The summed E-state index contributed by atoms with van der Waals surface area (Å²) in [5, 5.41) is 4.75. The van der Waals surface area contributed by atoms with Gasteiger partial charge >= 0.3 is 0 Å². The second-order valence-corrected chi connectivity index (χ2v) is 13.5. The van der Waals surface area contributed by atoms with Crippen LogP contribution in [0.2, 0.25) is 10.0 Å². The minimum Gasteiger partial charge on any atom is -0.493 e. The Morgan fingerprint density at radius 2 is 1.74 bits per heavy atom. The molecule has 6 rings (SSSR count). The molecule has 1 aliphatic rings. The molecule has 0 aliphatic carbocycles. The van der Waals surface area contributed by atoms with Gasteiger partial charge in [0.25, 0.3) is 5.91 Å². The highest BCUT2D eigenvalue weighted by molar-refractivity contribution is 6.42. The van der Waals surface area contributed by atoms with Gasteiger partial charge in [-0.25, -0.2) is 4.98 Å². The number of carbonyl (C=O) groups is 1. The number of benzene rings is 3. The van der Waals surface area contributed by atoms with E-state index in [4.69, 9.17) is 46.8 Å². The molecule has 0 spiro atoms. The summed E-state index contributed by atoms with van der Waals surface area (Å²) in [6.45, 7) is 3.95. The van der Waals surface area contributed by atoms with Gasteiger partial charge in [-0.05, 0) is 73.8 Å². The van der Waals surface area contributed by atoms with Crippen molar-refractivity contribution < 1.29 is 23.4 Å². The number of methoxy groups -OCH3 is 3. The maximum absolute atomic E-state index is 13.7. The first kappa shape index (κ1) is 35.4. The van der Waals surface area contributed by atoms with Crippen LogP contribution in [0.5, 0.6) is 17.2 Å². The number of likely N-dealkylation sites (tertiary alicyclic amines) is 1. The van der Waals surface area contributed by atoms with Gasteiger partial charge in [0.1, 0.15) is 0 Å². The van der Waals surface area contributed by atoms with Gasteiger partial charge in [-0.1, -0.05) is 41.4 Å². The number of hydrogen-bond acceptors (Lipinski definition) is 8. The Bertz CT molecular complexity index is 1880. The second-order valence-electron chi connectivity index (χ2n) is 12.7. The normalized spacial score (nSPS) is 14.4. The average Bonchev–Trinajstić information content (AvgIpc) is 3.78. The number of nitrogens with zero attached hydrogens (tertiary/aromatic N) is 4. The SMILES string of the molecule is COc1cc(C(=O)N(C)CC(CCN2CCC(Nc3nc4ccccc4n3Cc3ccoc3)CC2)c2ccc(Cl)c(Cl)c2)cc(OC)c1OC. The molecule has 0 bridgehead atoms. The number of fused-ring (bicyclic) bond motifs is 1. The quantitative estimate of drug-likeness (QED) is 0.124. The molecule has 3 aromatic carbocycles. The van der Waals surface area contributed by atoms with Gasteiger partial charge < -0.3 is 38.3 Å². The van der Waals surface area contributed by atoms with E-state index < -0.39 is 0 Å². The molecule has 1 saturated heterocycles. The fraction of sp³-hybridized carbons (Fsp3) is 0.368. The number of imidazole rings is 1. The summed E-state index contributed by atoms with van der Waals surface area (Å²) in [4.78, 5) is 22.9. The molecule has 0 saturated carbocycles. The number of furan rings is 1. The number of hydrogen-bond donors (Lipinski definition) is 1. The van der Waals surface area contributed by atoms with E-state index in [1.165, 1.54) is 21.3 Å². The van der Waals surface area contributed by atoms with Crippen molar-refractivity contribution in [3.63, 3.8) is 0 Å². The number of nitrogens with one attached hydrogen (secondary N) is 1. The number of likely N-dealkylation sites (N-methyl/N-ethyl adjacent to an activating group) is 1. The van der Waals surface area contributed by atoms with Crippen molar-refractivity contribution in [2.45, 2.75) is 37.8 Å². The van der Waals surface area contributed by atoms with Gasteiger partial charge in [-0.2, -0.15) is 0 Å². The van der Waals surface area contributed by atoms with Crippen LogP contribution in [0.4, 0.5) is 5.95 Å². The molecule has 1 fully saturated rings. The number of halogens is 2. The Morgan fingerprint density at radius 3 is 2.40 bits per heavy atom. The standard InChI is InChI=1S/C38H43Cl2N5O5/c1-43(37(46)28-20-34(47-2)36(49-4)35(21-28)48-3)23-27(26-9-10-30(39)31(40)19-26)11-15-44-16-12-29(13-17-44)41-38-42-32-7-5-6-8-33(32)45(38)22-25-14-18-50-24-25/h5-10,14,18-21,24,27,29H,11-13,15-17,22-23H2,1-4H3,(H,41,42). The molecule has 10 nitrogen and oxygen atoms in total. The molecule has 1 aliphatic heterocycles. The van der Waals surface area contributed by atoms with E-state index in [0.29, 0.717) is 52.0 Å². The molecule has 0 radical (unpaired) electrons. The lowest BCUT2D eigenvalue weighted by Gasteiger charge is -2.34. The van der Waals surface area contributed by atoms with Gasteiger partial charge in [0.15, 0.2) is 11.5 Å². The minimum atomic E-state index is -0.153. The maximum Gasteiger partial charge on any atom is 0.253 e. The van der Waals surface area contributed by atoms with Gasteiger partial charge in [-0.15, -0.1) is 0 Å². The monoisotopic (exact) mass is 719 g/mol. The third kappa shape index (κ3) is 7.98. The fourth-order valence-electron chi connectivity index (χ4n) is 6.70. The molecular formula is C38H43Cl2N5O5. The molecule has 264 valence electrons. The summed E-state index contributed by atoms with van der Waals surface area (Å²) in [6, 6.07) is 19.6. The summed E-state index contributed by atoms with van der Waals surface area (Å²) < 4.78 is 24.0. The Labute approximate surface area is 302 Å². The molecule has 1 amide bonds. The molecule has 5 aromatic rings. The number of ether oxygens (including phenoxy) is 3. The molecule has 1 N–H and O–H groups in total. The van der Waals surface area contributed by atoms with E-state index in [1.54, 1.807) is 29.6 Å². The highest BCUT2D eigenvalue weighted by Gasteiger charge is 2.26. The van der Waals surface area contributed by atoms with Gasteiger partial charge in [0, 0.05) is 49.8 Å². The minimum absolute atomic E-state index is 0.0273. The smallest absolute Gasteiger partial charge is 0.253 e. The number of para-hydroxylation sites is 2. The first-order valence-electron chi connectivity index (χ1n) is 16.7. The number of anilines is 1. The Morgan fingerprint density at radius 1 is 1.00 bits per heavy atom.